The molecule has 1 saturated carbocycles. The number of ether oxygens (including phenoxy) is 1. The highest BCUT2D eigenvalue weighted by Gasteiger charge is 2.24. The molecule has 0 radical (unpaired) electrons. The van der Waals surface area contributed by atoms with E-state index < -0.39 is 0 Å². The number of hydrogen-bond donors (Lipinski definition) is 1. The second-order valence-electron chi connectivity index (χ2n) is 5.43. The molecular weight excluding hydrogens is 212 g/mol. The molecule has 2 rings (SSSR count). The van der Waals surface area contributed by atoms with Gasteiger partial charge in [-0.15, -0.1) is 0 Å². The highest BCUT2D eigenvalue weighted by molar-refractivity contribution is 5.29. The standard InChI is InChI=1S/C15H22O2/c1-10(2)11(3)15(16)12-4-6-13(7-5-12)17-14-8-9-14/h4-7,10-11,14-16H,8-9H2,1-3H3. The number of benzene rings is 1. The summed E-state index contributed by atoms with van der Waals surface area (Å²) >= 11 is 0. The zero-order valence-electron chi connectivity index (χ0n) is 10.9. The first-order valence-electron chi connectivity index (χ1n) is 6.52. The van der Waals surface area contributed by atoms with Gasteiger partial charge >= 0.3 is 0 Å². The van der Waals surface area contributed by atoms with Crippen molar-refractivity contribution in [3.63, 3.8) is 0 Å². The Morgan fingerprint density at radius 1 is 1.12 bits per heavy atom. The van der Waals surface area contributed by atoms with Gasteiger partial charge in [0.15, 0.2) is 0 Å². The molecule has 0 aromatic heterocycles. The lowest BCUT2D eigenvalue weighted by Gasteiger charge is -2.22. The summed E-state index contributed by atoms with van der Waals surface area (Å²) in [7, 11) is 0. The van der Waals surface area contributed by atoms with Gasteiger partial charge in [0.2, 0.25) is 0 Å². The lowest BCUT2D eigenvalue weighted by atomic mass is 9.88. The van der Waals surface area contributed by atoms with E-state index >= 15 is 0 Å². The summed E-state index contributed by atoms with van der Waals surface area (Å²) in [5, 5.41) is 10.2. The smallest absolute Gasteiger partial charge is 0.119 e. The third-order valence-corrected chi connectivity index (χ3v) is 3.60. The number of hydrogen-bond acceptors (Lipinski definition) is 2. The minimum atomic E-state index is -0.384. The monoisotopic (exact) mass is 234 g/mol. The van der Waals surface area contributed by atoms with Crippen LogP contribution in [0.15, 0.2) is 24.3 Å². The molecule has 1 aromatic carbocycles. The number of aliphatic hydroxyl groups is 1. The molecule has 0 aliphatic heterocycles. The molecule has 0 heterocycles. The van der Waals surface area contributed by atoms with Gasteiger partial charge < -0.3 is 9.84 Å². The summed E-state index contributed by atoms with van der Waals surface area (Å²) < 4.78 is 5.69. The number of rotatable bonds is 5. The molecule has 0 amide bonds. The van der Waals surface area contributed by atoms with Crippen molar-refractivity contribution in [1.29, 1.82) is 0 Å². The second-order valence-corrected chi connectivity index (χ2v) is 5.43. The van der Waals surface area contributed by atoms with Crippen LogP contribution in [0.2, 0.25) is 0 Å². The fourth-order valence-corrected chi connectivity index (χ4v) is 1.79. The lowest BCUT2D eigenvalue weighted by Crippen LogP contribution is -2.14. The van der Waals surface area contributed by atoms with Crippen LogP contribution in [0, 0.1) is 11.8 Å². The van der Waals surface area contributed by atoms with Gasteiger partial charge in [-0.25, -0.2) is 0 Å². The van der Waals surface area contributed by atoms with Crippen LogP contribution in [0.3, 0.4) is 0 Å². The molecule has 17 heavy (non-hydrogen) atoms. The minimum absolute atomic E-state index is 0.269. The average molecular weight is 234 g/mol. The Morgan fingerprint density at radius 2 is 1.71 bits per heavy atom. The van der Waals surface area contributed by atoms with E-state index in [0.717, 1.165) is 11.3 Å². The Labute approximate surface area is 104 Å². The van der Waals surface area contributed by atoms with Crippen molar-refractivity contribution in [2.75, 3.05) is 0 Å². The Balaban J connectivity index is 2.00. The molecular formula is C15H22O2. The van der Waals surface area contributed by atoms with Crippen molar-refractivity contribution >= 4 is 0 Å². The topological polar surface area (TPSA) is 29.5 Å². The molecule has 0 saturated heterocycles. The fraction of sp³-hybridized carbons (Fsp3) is 0.600. The SMILES string of the molecule is CC(C)C(C)C(O)c1ccc(OC2CC2)cc1. The maximum Gasteiger partial charge on any atom is 0.119 e. The second kappa shape index (κ2) is 5.09. The maximum atomic E-state index is 10.2. The van der Waals surface area contributed by atoms with Gasteiger partial charge in [0.05, 0.1) is 12.2 Å². The predicted molar refractivity (Wildman–Crippen MR) is 69.1 cm³/mol. The van der Waals surface area contributed by atoms with Crippen molar-refractivity contribution < 1.29 is 9.84 Å². The Morgan fingerprint density at radius 3 is 2.18 bits per heavy atom. The van der Waals surface area contributed by atoms with Crippen LogP contribution in [0.1, 0.15) is 45.3 Å². The molecule has 2 unspecified atom stereocenters. The predicted octanol–water partition coefficient (Wildman–Crippen LogP) is 3.55. The van der Waals surface area contributed by atoms with E-state index in [1.54, 1.807) is 0 Å². The van der Waals surface area contributed by atoms with E-state index in [1.807, 2.05) is 24.3 Å². The minimum Gasteiger partial charge on any atom is -0.490 e. The zero-order chi connectivity index (χ0) is 12.4. The fourth-order valence-electron chi connectivity index (χ4n) is 1.79. The van der Waals surface area contributed by atoms with Crippen molar-refractivity contribution in [1.82, 2.24) is 0 Å². The highest BCUT2D eigenvalue weighted by atomic mass is 16.5. The highest BCUT2D eigenvalue weighted by Crippen LogP contribution is 2.30. The normalized spacial score (nSPS) is 19.1. The van der Waals surface area contributed by atoms with Crippen LogP contribution in [0.5, 0.6) is 5.75 Å². The van der Waals surface area contributed by atoms with Crippen LogP contribution in [-0.2, 0) is 0 Å². The van der Waals surface area contributed by atoms with Gasteiger partial charge in [-0.05, 0) is 42.4 Å². The third-order valence-electron chi connectivity index (χ3n) is 3.60. The van der Waals surface area contributed by atoms with Crippen LogP contribution < -0.4 is 4.74 Å². The molecule has 2 nitrogen and oxygen atoms in total. The van der Waals surface area contributed by atoms with Gasteiger partial charge in [-0.1, -0.05) is 32.9 Å². The van der Waals surface area contributed by atoms with E-state index in [4.69, 9.17) is 4.74 Å². The molecule has 1 aliphatic rings. The molecule has 0 spiro atoms. The van der Waals surface area contributed by atoms with Gasteiger partial charge in [-0.2, -0.15) is 0 Å². The van der Waals surface area contributed by atoms with E-state index in [9.17, 15) is 5.11 Å². The summed E-state index contributed by atoms with van der Waals surface area (Å²) in [6.45, 7) is 6.36. The van der Waals surface area contributed by atoms with E-state index in [0.29, 0.717) is 12.0 Å². The largest absolute Gasteiger partial charge is 0.490 e. The Hall–Kier alpha value is -1.02. The quantitative estimate of drug-likeness (QED) is 0.844. The number of aliphatic hydroxyl groups excluding tert-OH is 1. The first-order valence-corrected chi connectivity index (χ1v) is 6.52. The van der Waals surface area contributed by atoms with Crippen LogP contribution in [0.25, 0.3) is 0 Å². The van der Waals surface area contributed by atoms with Crippen molar-refractivity contribution in [2.45, 2.75) is 45.8 Å². The molecule has 94 valence electrons. The van der Waals surface area contributed by atoms with Crippen LogP contribution >= 0.6 is 0 Å². The lowest BCUT2D eigenvalue weighted by molar-refractivity contribution is 0.0920. The summed E-state index contributed by atoms with van der Waals surface area (Å²) in [5.74, 6) is 1.67. The molecule has 1 fully saturated rings. The van der Waals surface area contributed by atoms with Gasteiger partial charge in [-0.3, -0.25) is 0 Å². The van der Waals surface area contributed by atoms with Gasteiger partial charge in [0, 0.05) is 0 Å². The van der Waals surface area contributed by atoms with Gasteiger partial charge in [0.25, 0.3) is 0 Å². The molecule has 1 aromatic rings. The summed E-state index contributed by atoms with van der Waals surface area (Å²) in [5.41, 5.74) is 0.981. The maximum absolute atomic E-state index is 10.2. The van der Waals surface area contributed by atoms with Gasteiger partial charge in [0.1, 0.15) is 5.75 Å². The Kier molecular flexibility index (Phi) is 3.72. The summed E-state index contributed by atoms with van der Waals surface area (Å²) in [6.07, 6.45) is 2.40. The molecule has 2 heteroatoms. The average Bonchev–Trinajstić information content (AvgIpc) is 3.12. The van der Waals surface area contributed by atoms with Crippen LogP contribution in [0.4, 0.5) is 0 Å². The van der Waals surface area contributed by atoms with E-state index in [1.165, 1.54) is 12.8 Å². The third kappa shape index (κ3) is 3.22. The first kappa shape index (κ1) is 12.4. The van der Waals surface area contributed by atoms with E-state index in [2.05, 4.69) is 20.8 Å². The summed E-state index contributed by atoms with van der Waals surface area (Å²) in [6, 6.07) is 7.87. The molecule has 1 N–H and O–H groups in total. The van der Waals surface area contributed by atoms with Crippen molar-refractivity contribution in [3.8, 4) is 5.75 Å². The first-order chi connectivity index (χ1) is 8.08. The molecule has 1 aliphatic carbocycles. The molecule has 2 atom stereocenters. The zero-order valence-corrected chi connectivity index (χ0v) is 10.9. The van der Waals surface area contributed by atoms with Crippen molar-refractivity contribution in [2.24, 2.45) is 11.8 Å². The van der Waals surface area contributed by atoms with Crippen molar-refractivity contribution in [3.05, 3.63) is 29.8 Å². The van der Waals surface area contributed by atoms with Crippen LogP contribution in [-0.4, -0.2) is 11.2 Å². The Bertz CT molecular complexity index is 352. The van der Waals surface area contributed by atoms with E-state index in [-0.39, 0.29) is 12.0 Å². The molecule has 0 bridgehead atoms. The summed E-state index contributed by atoms with van der Waals surface area (Å²) in [4.78, 5) is 0.